The minimum Gasteiger partial charge on any atom is -0.381 e. The average Bonchev–Trinajstić information content (AvgIpc) is 2.91. The summed E-state index contributed by atoms with van der Waals surface area (Å²) in [6.07, 6.45) is 3.10. The number of nitrogens with one attached hydrogen (secondary N) is 1. The Kier molecular flexibility index (Phi) is 5.14. The molecule has 0 aromatic heterocycles. The van der Waals surface area contributed by atoms with Crippen LogP contribution < -0.4 is 5.32 Å². The summed E-state index contributed by atoms with van der Waals surface area (Å²) < 4.78 is 5.45. The van der Waals surface area contributed by atoms with Crippen LogP contribution in [-0.2, 0) is 4.74 Å². The van der Waals surface area contributed by atoms with Gasteiger partial charge in [-0.05, 0) is 25.5 Å². The van der Waals surface area contributed by atoms with E-state index in [-0.39, 0.29) is 0 Å². The van der Waals surface area contributed by atoms with E-state index in [1.165, 1.54) is 10.6 Å². The van der Waals surface area contributed by atoms with Gasteiger partial charge in [-0.25, -0.2) is 0 Å². The molecule has 1 aliphatic rings. The average molecular weight is 263 g/mol. The summed E-state index contributed by atoms with van der Waals surface area (Å²) in [5.41, 5.74) is 1.23. The van der Waals surface area contributed by atoms with Gasteiger partial charge in [-0.2, -0.15) is 0 Å². The summed E-state index contributed by atoms with van der Waals surface area (Å²) in [7, 11) is 0. The van der Waals surface area contributed by atoms with Crippen molar-refractivity contribution in [2.24, 2.45) is 5.92 Å². The Bertz CT molecular complexity index is 388. The molecule has 0 radical (unpaired) electrons. The number of benzene rings is 1. The number of hydrogen-bond acceptors (Lipinski definition) is 3. The maximum atomic E-state index is 5.45. The van der Waals surface area contributed by atoms with Crippen LogP contribution in [0.25, 0.3) is 0 Å². The van der Waals surface area contributed by atoms with Gasteiger partial charge in [0.05, 0.1) is 6.61 Å². The lowest BCUT2D eigenvalue weighted by Crippen LogP contribution is -2.26. The first-order valence-electron chi connectivity index (χ1n) is 6.48. The Hall–Kier alpha value is -0.930. The molecule has 2 atom stereocenters. The number of hydrogen-bond donors (Lipinski definition) is 1. The van der Waals surface area contributed by atoms with E-state index in [1.807, 2.05) is 17.8 Å². The summed E-state index contributed by atoms with van der Waals surface area (Å²) >= 11 is 1.82. The standard InChI is InChI=1S/C15H21NOS/c1-3-10-18-15-7-5-4-6-14(15)16-12(2)13-8-9-17-11-13/h3-7,12-13,16H,1,8-11H2,2H3. The summed E-state index contributed by atoms with van der Waals surface area (Å²) in [4.78, 5) is 1.29. The van der Waals surface area contributed by atoms with Gasteiger partial charge in [0, 0.05) is 34.9 Å². The Balaban J connectivity index is 2.00. The molecule has 98 valence electrons. The highest BCUT2D eigenvalue weighted by atomic mass is 32.2. The van der Waals surface area contributed by atoms with Crippen LogP contribution in [0.1, 0.15) is 13.3 Å². The highest BCUT2D eigenvalue weighted by Crippen LogP contribution is 2.29. The Morgan fingerprint density at radius 2 is 2.39 bits per heavy atom. The van der Waals surface area contributed by atoms with Crippen molar-refractivity contribution in [3.8, 4) is 0 Å². The molecule has 1 aliphatic heterocycles. The normalized spacial score (nSPS) is 20.6. The fourth-order valence-corrected chi connectivity index (χ4v) is 2.93. The summed E-state index contributed by atoms with van der Waals surface area (Å²) in [6, 6.07) is 8.93. The molecular weight excluding hydrogens is 242 g/mol. The van der Waals surface area contributed by atoms with Crippen LogP contribution in [0.4, 0.5) is 5.69 Å². The molecule has 1 fully saturated rings. The number of para-hydroxylation sites is 1. The molecule has 1 aromatic carbocycles. The molecule has 1 aromatic rings. The number of anilines is 1. The molecule has 0 spiro atoms. The molecule has 2 unspecified atom stereocenters. The van der Waals surface area contributed by atoms with Crippen molar-refractivity contribution >= 4 is 17.4 Å². The third-order valence-electron chi connectivity index (χ3n) is 3.30. The van der Waals surface area contributed by atoms with Crippen molar-refractivity contribution in [3.05, 3.63) is 36.9 Å². The van der Waals surface area contributed by atoms with Crippen molar-refractivity contribution in [2.75, 3.05) is 24.3 Å². The zero-order chi connectivity index (χ0) is 12.8. The summed E-state index contributed by atoms with van der Waals surface area (Å²) in [5, 5.41) is 3.63. The topological polar surface area (TPSA) is 21.3 Å². The molecule has 2 nitrogen and oxygen atoms in total. The first-order valence-corrected chi connectivity index (χ1v) is 7.47. The van der Waals surface area contributed by atoms with Crippen LogP contribution in [0.2, 0.25) is 0 Å². The van der Waals surface area contributed by atoms with Gasteiger partial charge in [0.15, 0.2) is 0 Å². The summed E-state index contributed by atoms with van der Waals surface area (Å²) in [6.45, 7) is 7.81. The molecule has 2 rings (SSSR count). The minimum absolute atomic E-state index is 0.456. The van der Waals surface area contributed by atoms with E-state index < -0.39 is 0 Å². The minimum atomic E-state index is 0.456. The first kappa shape index (κ1) is 13.5. The molecule has 1 heterocycles. The number of ether oxygens (including phenoxy) is 1. The fraction of sp³-hybridized carbons (Fsp3) is 0.467. The van der Waals surface area contributed by atoms with Crippen LogP contribution in [0, 0.1) is 5.92 Å². The van der Waals surface area contributed by atoms with Gasteiger partial charge in [-0.1, -0.05) is 18.2 Å². The Morgan fingerprint density at radius 1 is 1.56 bits per heavy atom. The molecular formula is C15H21NOS. The molecule has 3 heteroatoms. The largest absolute Gasteiger partial charge is 0.381 e. The van der Waals surface area contributed by atoms with Gasteiger partial charge in [-0.3, -0.25) is 0 Å². The van der Waals surface area contributed by atoms with E-state index in [9.17, 15) is 0 Å². The van der Waals surface area contributed by atoms with Crippen LogP contribution in [0.3, 0.4) is 0 Å². The lowest BCUT2D eigenvalue weighted by atomic mass is 10.0. The van der Waals surface area contributed by atoms with Crippen molar-refractivity contribution in [2.45, 2.75) is 24.3 Å². The second kappa shape index (κ2) is 6.86. The van der Waals surface area contributed by atoms with Crippen molar-refractivity contribution in [3.63, 3.8) is 0 Å². The monoisotopic (exact) mass is 263 g/mol. The number of thioether (sulfide) groups is 1. The quantitative estimate of drug-likeness (QED) is 0.623. The second-order valence-corrected chi connectivity index (χ2v) is 5.71. The van der Waals surface area contributed by atoms with Gasteiger partial charge >= 0.3 is 0 Å². The van der Waals surface area contributed by atoms with E-state index in [0.29, 0.717) is 12.0 Å². The highest BCUT2D eigenvalue weighted by Gasteiger charge is 2.22. The zero-order valence-electron chi connectivity index (χ0n) is 10.9. The molecule has 0 bridgehead atoms. The Labute approximate surface area is 114 Å². The SMILES string of the molecule is C=CCSc1ccccc1NC(C)C1CCOC1. The maximum absolute atomic E-state index is 5.45. The van der Waals surface area contributed by atoms with Crippen LogP contribution in [0.5, 0.6) is 0 Å². The third-order valence-corrected chi connectivity index (χ3v) is 4.37. The molecule has 18 heavy (non-hydrogen) atoms. The lowest BCUT2D eigenvalue weighted by Gasteiger charge is -2.22. The van der Waals surface area contributed by atoms with Crippen molar-refractivity contribution in [1.82, 2.24) is 0 Å². The van der Waals surface area contributed by atoms with Crippen LogP contribution in [-0.4, -0.2) is 25.0 Å². The van der Waals surface area contributed by atoms with Crippen molar-refractivity contribution < 1.29 is 4.74 Å². The van der Waals surface area contributed by atoms with Crippen molar-refractivity contribution in [1.29, 1.82) is 0 Å². The van der Waals surface area contributed by atoms with E-state index in [0.717, 1.165) is 25.4 Å². The lowest BCUT2D eigenvalue weighted by molar-refractivity contribution is 0.183. The van der Waals surface area contributed by atoms with E-state index in [4.69, 9.17) is 4.74 Å². The van der Waals surface area contributed by atoms with E-state index >= 15 is 0 Å². The van der Waals surface area contributed by atoms with Crippen LogP contribution in [0.15, 0.2) is 41.8 Å². The molecule has 0 saturated carbocycles. The Morgan fingerprint density at radius 3 is 3.11 bits per heavy atom. The molecule has 1 N–H and O–H groups in total. The van der Waals surface area contributed by atoms with Gasteiger partial charge in [0.1, 0.15) is 0 Å². The van der Waals surface area contributed by atoms with Gasteiger partial charge in [0.2, 0.25) is 0 Å². The predicted octanol–water partition coefficient (Wildman–Crippen LogP) is 3.80. The molecule has 1 saturated heterocycles. The maximum Gasteiger partial charge on any atom is 0.0514 e. The molecule has 0 amide bonds. The van der Waals surface area contributed by atoms with Gasteiger partial charge in [0.25, 0.3) is 0 Å². The molecule has 0 aliphatic carbocycles. The summed E-state index contributed by atoms with van der Waals surface area (Å²) in [5.74, 6) is 1.57. The predicted molar refractivity (Wildman–Crippen MR) is 79.4 cm³/mol. The van der Waals surface area contributed by atoms with Gasteiger partial charge in [-0.15, -0.1) is 18.3 Å². The van der Waals surface area contributed by atoms with E-state index in [1.54, 1.807) is 0 Å². The zero-order valence-corrected chi connectivity index (χ0v) is 11.7. The first-order chi connectivity index (χ1) is 8.81. The van der Waals surface area contributed by atoms with Crippen LogP contribution >= 0.6 is 11.8 Å². The van der Waals surface area contributed by atoms with E-state index in [2.05, 4.69) is 43.1 Å². The third kappa shape index (κ3) is 3.53. The fourth-order valence-electron chi connectivity index (χ4n) is 2.17. The van der Waals surface area contributed by atoms with Gasteiger partial charge < -0.3 is 10.1 Å². The highest BCUT2D eigenvalue weighted by molar-refractivity contribution is 7.99. The number of rotatable bonds is 6. The second-order valence-electron chi connectivity index (χ2n) is 4.65. The smallest absolute Gasteiger partial charge is 0.0514 e.